The highest BCUT2D eigenvalue weighted by molar-refractivity contribution is 9.10. The van der Waals surface area contributed by atoms with Gasteiger partial charge in [-0.25, -0.2) is 0 Å². The fraction of sp³-hybridized carbons (Fsp3) is 0.208. The number of hydrogen-bond donors (Lipinski definition) is 1. The molecule has 3 rings (SSSR count). The van der Waals surface area contributed by atoms with Crippen LogP contribution in [0.5, 0.6) is 11.5 Å². The van der Waals surface area contributed by atoms with Gasteiger partial charge in [0.25, 0.3) is 5.91 Å². The molecule has 0 saturated heterocycles. The predicted molar refractivity (Wildman–Crippen MR) is 120 cm³/mol. The molecular weight excluding hydrogens is 430 g/mol. The molecule has 0 aliphatic heterocycles. The van der Waals surface area contributed by atoms with Gasteiger partial charge in [-0.2, -0.15) is 0 Å². The molecule has 150 valence electrons. The van der Waals surface area contributed by atoms with Crippen LogP contribution in [0.25, 0.3) is 0 Å². The SMILES string of the molecule is Cc1cc(Br)cc(C)c1OC(C)C(=O)Nc1ccc(OCc2ccccc2)cc1. The number of anilines is 1. The van der Waals surface area contributed by atoms with Gasteiger partial charge in [0.2, 0.25) is 0 Å². The van der Waals surface area contributed by atoms with Crippen LogP contribution < -0.4 is 14.8 Å². The lowest BCUT2D eigenvalue weighted by Gasteiger charge is -2.18. The summed E-state index contributed by atoms with van der Waals surface area (Å²) in [5.74, 6) is 1.28. The molecule has 1 atom stereocenters. The second kappa shape index (κ2) is 9.61. The molecule has 3 aromatic carbocycles. The lowest BCUT2D eigenvalue weighted by Crippen LogP contribution is -2.30. The van der Waals surface area contributed by atoms with Crippen molar-refractivity contribution in [1.82, 2.24) is 0 Å². The Balaban J connectivity index is 1.56. The lowest BCUT2D eigenvalue weighted by molar-refractivity contribution is -0.122. The van der Waals surface area contributed by atoms with Crippen molar-refractivity contribution in [2.45, 2.75) is 33.5 Å². The Morgan fingerprint density at radius 3 is 2.24 bits per heavy atom. The number of halogens is 1. The van der Waals surface area contributed by atoms with Gasteiger partial charge >= 0.3 is 0 Å². The summed E-state index contributed by atoms with van der Waals surface area (Å²) < 4.78 is 12.7. The first-order chi connectivity index (χ1) is 13.9. The van der Waals surface area contributed by atoms with Gasteiger partial charge < -0.3 is 14.8 Å². The van der Waals surface area contributed by atoms with Crippen LogP contribution >= 0.6 is 15.9 Å². The van der Waals surface area contributed by atoms with Crippen LogP contribution in [0.3, 0.4) is 0 Å². The first kappa shape index (κ1) is 20.9. The van der Waals surface area contributed by atoms with Gasteiger partial charge in [0.05, 0.1) is 0 Å². The van der Waals surface area contributed by atoms with Crippen LogP contribution in [0.1, 0.15) is 23.6 Å². The molecule has 0 saturated carbocycles. The third-order valence-electron chi connectivity index (χ3n) is 4.46. The number of amides is 1. The number of hydrogen-bond acceptors (Lipinski definition) is 3. The summed E-state index contributed by atoms with van der Waals surface area (Å²) in [6, 6.07) is 21.3. The molecule has 0 heterocycles. The van der Waals surface area contributed by atoms with E-state index in [4.69, 9.17) is 9.47 Å². The van der Waals surface area contributed by atoms with Crippen LogP contribution in [-0.4, -0.2) is 12.0 Å². The van der Waals surface area contributed by atoms with Crippen molar-refractivity contribution in [3.8, 4) is 11.5 Å². The average molecular weight is 454 g/mol. The van der Waals surface area contributed by atoms with Crippen LogP contribution in [-0.2, 0) is 11.4 Å². The molecule has 1 N–H and O–H groups in total. The Labute approximate surface area is 180 Å². The van der Waals surface area contributed by atoms with Gasteiger partial charge in [-0.1, -0.05) is 46.3 Å². The molecular formula is C24H24BrNO3. The topological polar surface area (TPSA) is 47.6 Å². The number of carbonyl (C=O) groups is 1. The van der Waals surface area contributed by atoms with Gasteiger partial charge in [0, 0.05) is 10.2 Å². The van der Waals surface area contributed by atoms with Gasteiger partial charge in [0.1, 0.15) is 18.1 Å². The van der Waals surface area contributed by atoms with Crippen molar-refractivity contribution in [3.05, 3.63) is 87.9 Å². The van der Waals surface area contributed by atoms with Crippen LogP contribution in [0.15, 0.2) is 71.2 Å². The second-order valence-electron chi connectivity index (χ2n) is 6.92. The Bertz CT molecular complexity index is 948. The fourth-order valence-electron chi connectivity index (χ4n) is 2.93. The van der Waals surface area contributed by atoms with Crippen molar-refractivity contribution in [2.75, 3.05) is 5.32 Å². The lowest BCUT2D eigenvalue weighted by atomic mass is 10.1. The van der Waals surface area contributed by atoms with Gasteiger partial charge in [-0.15, -0.1) is 0 Å². The summed E-state index contributed by atoms with van der Waals surface area (Å²) in [5.41, 5.74) is 3.77. The van der Waals surface area contributed by atoms with E-state index < -0.39 is 6.10 Å². The van der Waals surface area contributed by atoms with E-state index in [2.05, 4.69) is 21.2 Å². The summed E-state index contributed by atoms with van der Waals surface area (Å²) in [6.45, 7) is 6.18. The molecule has 3 aromatic rings. The normalized spacial score (nSPS) is 11.6. The number of ether oxygens (including phenoxy) is 2. The molecule has 5 heteroatoms. The van der Waals surface area contributed by atoms with Crippen LogP contribution in [0, 0.1) is 13.8 Å². The summed E-state index contributed by atoms with van der Waals surface area (Å²) in [6.07, 6.45) is -0.623. The zero-order valence-electron chi connectivity index (χ0n) is 16.7. The van der Waals surface area contributed by atoms with Crippen LogP contribution in [0.2, 0.25) is 0 Å². The summed E-state index contributed by atoms with van der Waals surface area (Å²) in [7, 11) is 0. The number of rotatable bonds is 7. The predicted octanol–water partition coefficient (Wildman–Crippen LogP) is 6.05. The largest absolute Gasteiger partial charge is 0.489 e. The third-order valence-corrected chi connectivity index (χ3v) is 4.92. The van der Waals surface area contributed by atoms with Crippen molar-refractivity contribution in [2.24, 2.45) is 0 Å². The number of nitrogens with one attached hydrogen (secondary N) is 1. The standard InChI is InChI=1S/C24H24BrNO3/c1-16-13-20(25)14-17(2)23(16)29-18(3)24(27)26-21-9-11-22(12-10-21)28-15-19-7-5-4-6-8-19/h4-14,18H,15H2,1-3H3,(H,26,27). The minimum atomic E-state index is -0.623. The second-order valence-corrected chi connectivity index (χ2v) is 7.83. The average Bonchev–Trinajstić information content (AvgIpc) is 2.70. The van der Waals surface area contributed by atoms with Crippen molar-refractivity contribution < 1.29 is 14.3 Å². The van der Waals surface area contributed by atoms with Crippen molar-refractivity contribution >= 4 is 27.5 Å². The van der Waals surface area contributed by atoms with Crippen molar-refractivity contribution in [1.29, 1.82) is 0 Å². The minimum Gasteiger partial charge on any atom is -0.489 e. The summed E-state index contributed by atoms with van der Waals surface area (Å²) in [5, 5.41) is 2.88. The third kappa shape index (κ3) is 5.84. The zero-order chi connectivity index (χ0) is 20.8. The molecule has 0 aromatic heterocycles. The Morgan fingerprint density at radius 2 is 1.62 bits per heavy atom. The molecule has 0 aliphatic rings. The molecule has 0 aliphatic carbocycles. The van der Waals surface area contributed by atoms with E-state index >= 15 is 0 Å². The van der Waals surface area contributed by atoms with Gasteiger partial charge in [0.15, 0.2) is 6.10 Å². The van der Waals surface area contributed by atoms with E-state index in [1.165, 1.54) is 0 Å². The highest BCUT2D eigenvalue weighted by Crippen LogP contribution is 2.28. The highest BCUT2D eigenvalue weighted by atomic mass is 79.9. The fourth-order valence-corrected chi connectivity index (χ4v) is 3.62. The molecule has 4 nitrogen and oxygen atoms in total. The number of benzene rings is 3. The van der Waals surface area contributed by atoms with E-state index in [0.717, 1.165) is 32.7 Å². The monoisotopic (exact) mass is 453 g/mol. The van der Waals surface area contributed by atoms with E-state index in [0.29, 0.717) is 12.3 Å². The molecule has 0 radical (unpaired) electrons. The maximum atomic E-state index is 12.5. The maximum Gasteiger partial charge on any atom is 0.265 e. The maximum absolute atomic E-state index is 12.5. The molecule has 0 fully saturated rings. The smallest absolute Gasteiger partial charge is 0.265 e. The summed E-state index contributed by atoms with van der Waals surface area (Å²) in [4.78, 5) is 12.5. The molecule has 0 spiro atoms. The number of carbonyl (C=O) groups excluding carboxylic acids is 1. The van der Waals surface area contributed by atoms with Crippen LogP contribution in [0.4, 0.5) is 5.69 Å². The van der Waals surface area contributed by atoms with E-state index in [-0.39, 0.29) is 5.91 Å². The Morgan fingerprint density at radius 1 is 1.00 bits per heavy atom. The van der Waals surface area contributed by atoms with Gasteiger partial charge in [-0.3, -0.25) is 4.79 Å². The van der Waals surface area contributed by atoms with E-state index in [1.54, 1.807) is 6.92 Å². The van der Waals surface area contributed by atoms with Crippen molar-refractivity contribution in [3.63, 3.8) is 0 Å². The molecule has 0 bridgehead atoms. The van der Waals surface area contributed by atoms with E-state index in [1.807, 2.05) is 80.6 Å². The zero-order valence-corrected chi connectivity index (χ0v) is 18.3. The molecule has 1 unspecified atom stereocenters. The minimum absolute atomic E-state index is 0.204. The quantitative estimate of drug-likeness (QED) is 0.473. The number of aryl methyl sites for hydroxylation is 2. The highest BCUT2D eigenvalue weighted by Gasteiger charge is 2.17. The molecule has 29 heavy (non-hydrogen) atoms. The Kier molecular flexibility index (Phi) is 6.94. The van der Waals surface area contributed by atoms with Gasteiger partial charge in [-0.05, 0) is 73.9 Å². The Hall–Kier alpha value is -2.79. The summed E-state index contributed by atoms with van der Waals surface area (Å²) >= 11 is 3.47. The van der Waals surface area contributed by atoms with E-state index in [9.17, 15) is 4.79 Å². The molecule has 1 amide bonds. The first-order valence-electron chi connectivity index (χ1n) is 9.43. The first-order valence-corrected chi connectivity index (χ1v) is 10.2.